The highest BCUT2D eigenvalue weighted by Crippen LogP contribution is 2.43. The summed E-state index contributed by atoms with van der Waals surface area (Å²) in [6.07, 6.45) is 0. The minimum absolute atomic E-state index is 1.16. The topological polar surface area (TPSA) is 14.8 Å². The van der Waals surface area contributed by atoms with E-state index in [9.17, 15) is 0 Å². The molecule has 0 aliphatic heterocycles. The molecule has 58 heavy (non-hydrogen) atoms. The van der Waals surface area contributed by atoms with E-state index in [-0.39, 0.29) is 0 Å². The van der Waals surface area contributed by atoms with Crippen LogP contribution in [0.15, 0.2) is 200 Å². The molecule has 0 saturated carbocycles. The lowest BCUT2D eigenvalue weighted by Gasteiger charge is -2.11. The summed E-state index contributed by atoms with van der Waals surface area (Å²) < 4.78 is 9.93. The van der Waals surface area contributed by atoms with Gasteiger partial charge in [0.1, 0.15) is 0 Å². The normalized spacial score (nSPS) is 12.1. The number of hydrogen-bond acceptors (Lipinski definition) is 1. The molecule has 0 bridgehead atoms. The van der Waals surface area contributed by atoms with Crippen molar-refractivity contribution in [3.8, 4) is 28.2 Å². The minimum Gasteiger partial charge on any atom is -0.309 e. The highest BCUT2D eigenvalue weighted by Gasteiger charge is 2.19. The van der Waals surface area contributed by atoms with Crippen molar-refractivity contribution in [2.24, 2.45) is 0 Å². The fourth-order valence-electron chi connectivity index (χ4n) is 9.71. The van der Waals surface area contributed by atoms with Gasteiger partial charge in [0.2, 0.25) is 0 Å². The molecular weight excluding hydrogens is 723 g/mol. The molecule has 0 atom stereocenters. The van der Waals surface area contributed by atoms with Gasteiger partial charge in [0.25, 0.3) is 0 Å². The van der Waals surface area contributed by atoms with Crippen LogP contribution in [0.1, 0.15) is 0 Å². The van der Waals surface area contributed by atoms with Crippen LogP contribution in [0.2, 0.25) is 0 Å². The Morgan fingerprint density at radius 3 is 1.40 bits per heavy atom. The van der Waals surface area contributed by atoms with Gasteiger partial charge in [-0.3, -0.25) is 0 Å². The third-order valence-corrected chi connectivity index (χ3v) is 13.4. The second kappa shape index (κ2) is 12.1. The maximum atomic E-state index is 2.47. The Bertz CT molecular complexity index is 3800. The molecule has 0 amide bonds. The molecule has 13 rings (SSSR count). The molecule has 0 saturated heterocycles. The van der Waals surface area contributed by atoms with E-state index < -0.39 is 0 Å². The maximum absolute atomic E-state index is 2.47. The first kappa shape index (κ1) is 31.8. The van der Waals surface area contributed by atoms with Gasteiger partial charge in [-0.25, -0.2) is 0 Å². The van der Waals surface area contributed by atoms with Crippen LogP contribution in [-0.4, -0.2) is 13.7 Å². The highest BCUT2D eigenvalue weighted by molar-refractivity contribution is 7.26. The number of hydrogen-bond donors (Lipinski definition) is 0. The fourth-order valence-corrected chi connectivity index (χ4v) is 10.9. The van der Waals surface area contributed by atoms with E-state index in [2.05, 4.69) is 214 Å². The van der Waals surface area contributed by atoms with Gasteiger partial charge in [-0.1, -0.05) is 115 Å². The average molecular weight is 756 g/mol. The molecule has 0 aliphatic carbocycles. The molecule has 4 heteroatoms. The second-order valence-corrected chi connectivity index (χ2v) is 16.4. The Morgan fingerprint density at radius 2 is 0.741 bits per heavy atom. The number of aromatic nitrogens is 3. The van der Waals surface area contributed by atoms with E-state index >= 15 is 0 Å². The zero-order chi connectivity index (χ0) is 37.9. The molecule has 9 aromatic carbocycles. The number of fused-ring (bicyclic) bond motifs is 12. The molecule has 0 radical (unpaired) electrons. The molecule has 4 heterocycles. The molecule has 0 aliphatic rings. The van der Waals surface area contributed by atoms with Crippen molar-refractivity contribution in [1.29, 1.82) is 0 Å². The van der Waals surface area contributed by atoms with Crippen molar-refractivity contribution in [2.75, 3.05) is 0 Å². The van der Waals surface area contributed by atoms with Crippen LogP contribution in [0.25, 0.3) is 114 Å². The van der Waals surface area contributed by atoms with E-state index in [1.165, 1.54) is 108 Å². The van der Waals surface area contributed by atoms with Gasteiger partial charge in [-0.05, 0) is 96.1 Å². The third kappa shape index (κ3) is 4.43. The summed E-state index contributed by atoms with van der Waals surface area (Å²) >= 11 is 1.88. The SMILES string of the molecule is c1ccc(-n2c3ccccc3c3cc(-n4c5ccccc5c5cc(-c6ccc7c(c6)c6ccccc6n7-c6cccc7c6sc6ccccc67)ccc54)ccc32)cc1. The Balaban J connectivity index is 0.986. The lowest BCUT2D eigenvalue weighted by atomic mass is 10.0. The summed E-state index contributed by atoms with van der Waals surface area (Å²) in [5.41, 5.74) is 13.2. The zero-order valence-corrected chi connectivity index (χ0v) is 32.1. The van der Waals surface area contributed by atoms with E-state index in [1.807, 2.05) is 11.3 Å². The smallest absolute Gasteiger partial charge is 0.0640 e. The van der Waals surface area contributed by atoms with E-state index in [1.54, 1.807) is 0 Å². The lowest BCUT2D eigenvalue weighted by molar-refractivity contribution is 1.17. The Hall–Kier alpha value is -7.40. The van der Waals surface area contributed by atoms with Crippen LogP contribution in [0, 0.1) is 0 Å². The number of nitrogens with zero attached hydrogens (tertiary/aromatic N) is 3. The van der Waals surface area contributed by atoms with Crippen molar-refractivity contribution in [2.45, 2.75) is 0 Å². The second-order valence-electron chi connectivity index (χ2n) is 15.3. The Morgan fingerprint density at radius 1 is 0.276 bits per heavy atom. The molecule has 0 N–H and O–H groups in total. The molecule has 4 aromatic heterocycles. The molecule has 13 aromatic rings. The molecule has 0 spiro atoms. The van der Waals surface area contributed by atoms with Gasteiger partial charge in [-0.15, -0.1) is 11.3 Å². The van der Waals surface area contributed by atoms with E-state index in [4.69, 9.17) is 0 Å². The van der Waals surface area contributed by atoms with Crippen molar-refractivity contribution >= 4 is 96.9 Å². The molecule has 270 valence electrons. The van der Waals surface area contributed by atoms with Crippen LogP contribution in [0.3, 0.4) is 0 Å². The summed E-state index contributed by atoms with van der Waals surface area (Å²) in [5.74, 6) is 0. The summed E-state index contributed by atoms with van der Waals surface area (Å²) in [5, 5.41) is 10.2. The number of benzene rings is 9. The van der Waals surface area contributed by atoms with Crippen LogP contribution < -0.4 is 0 Å². The molecule has 0 unspecified atom stereocenters. The monoisotopic (exact) mass is 755 g/mol. The predicted molar refractivity (Wildman–Crippen MR) is 248 cm³/mol. The van der Waals surface area contributed by atoms with Crippen molar-refractivity contribution in [1.82, 2.24) is 13.7 Å². The summed E-state index contributed by atoms with van der Waals surface area (Å²) in [6, 6.07) is 73.6. The largest absolute Gasteiger partial charge is 0.309 e. The Labute approximate surface area is 337 Å². The number of rotatable bonds is 4. The van der Waals surface area contributed by atoms with Crippen LogP contribution >= 0.6 is 11.3 Å². The van der Waals surface area contributed by atoms with E-state index in [0.29, 0.717) is 0 Å². The first-order valence-corrected chi connectivity index (χ1v) is 20.7. The lowest BCUT2D eigenvalue weighted by Crippen LogP contribution is -1.95. The van der Waals surface area contributed by atoms with Gasteiger partial charge < -0.3 is 13.7 Å². The van der Waals surface area contributed by atoms with E-state index in [0.717, 1.165) is 5.69 Å². The van der Waals surface area contributed by atoms with Crippen molar-refractivity contribution in [3.63, 3.8) is 0 Å². The first-order valence-electron chi connectivity index (χ1n) is 19.8. The predicted octanol–water partition coefficient (Wildman–Crippen LogP) is 15.0. The quantitative estimate of drug-likeness (QED) is 0.170. The summed E-state index contributed by atoms with van der Waals surface area (Å²) in [7, 11) is 0. The van der Waals surface area contributed by atoms with Gasteiger partial charge in [0.15, 0.2) is 0 Å². The minimum atomic E-state index is 1.16. The standard InChI is InChI=1S/C54H33N3S/c1-2-13-36(14-3-1)55-46-20-8-5-17-40(46)45-33-37(27-30-50(45)55)56-47-21-9-4-15-38(47)43-31-34(25-28-49(43)56)35-26-29-51-44(32-35)39-16-6-10-22-48(39)57(51)52-23-12-19-42-41-18-7-11-24-53(41)58-54(42)52/h1-33H. The first-order chi connectivity index (χ1) is 28.8. The van der Waals surface area contributed by atoms with Crippen LogP contribution in [-0.2, 0) is 0 Å². The summed E-state index contributed by atoms with van der Waals surface area (Å²) in [6.45, 7) is 0. The summed E-state index contributed by atoms with van der Waals surface area (Å²) in [4.78, 5) is 0. The average Bonchev–Trinajstić information content (AvgIpc) is 4.02. The van der Waals surface area contributed by atoms with Gasteiger partial charge in [-0.2, -0.15) is 0 Å². The Kier molecular flexibility index (Phi) is 6.60. The number of thiophene rings is 1. The van der Waals surface area contributed by atoms with Crippen LogP contribution in [0.5, 0.6) is 0 Å². The van der Waals surface area contributed by atoms with Crippen molar-refractivity contribution < 1.29 is 0 Å². The van der Waals surface area contributed by atoms with Gasteiger partial charge in [0.05, 0.1) is 43.5 Å². The molecule has 0 fully saturated rings. The highest BCUT2D eigenvalue weighted by atomic mass is 32.1. The zero-order valence-electron chi connectivity index (χ0n) is 31.3. The molecule has 3 nitrogen and oxygen atoms in total. The van der Waals surface area contributed by atoms with Crippen LogP contribution in [0.4, 0.5) is 0 Å². The number of para-hydroxylation sites is 4. The van der Waals surface area contributed by atoms with Gasteiger partial charge in [0, 0.05) is 59.2 Å². The third-order valence-electron chi connectivity index (χ3n) is 12.2. The molecular formula is C54H33N3S. The maximum Gasteiger partial charge on any atom is 0.0640 e. The fraction of sp³-hybridized carbons (Fsp3) is 0. The van der Waals surface area contributed by atoms with Crippen molar-refractivity contribution in [3.05, 3.63) is 200 Å². The van der Waals surface area contributed by atoms with Gasteiger partial charge >= 0.3 is 0 Å².